The van der Waals surface area contributed by atoms with Gasteiger partial charge in [0.05, 0.1) is 24.2 Å². The summed E-state index contributed by atoms with van der Waals surface area (Å²) in [7, 11) is 1.59. The molecule has 3 heterocycles. The molecule has 0 fully saturated rings. The van der Waals surface area contributed by atoms with Gasteiger partial charge in [-0.05, 0) is 49.7 Å². The maximum absolute atomic E-state index is 6.36. The van der Waals surface area contributed by atoms with Crippen LogP contribution in [0.1, 0.15) is 11.3 Å². The van der Waals surface area contributed by atoms with Crippen molar-refractivity contribution in [1.82, 2.24) is 15.0 Å². The molecule has 0 aliphatic heterocycles. The standard InChI is InChI=1S/C24H22ClN3O3/c1-15-11-23(24(27-14-15)18-6-4-5-16(2)28-18)31-20-7-9-26-19-13-22(30-10-8-25)21(29-3)12-17(19)20/h4-7,9,11-14H,8,10H2,1-3H3. The lowest BCUT2D eigenvalue weighted by atomic mass is 10.1. The lowest BCUT2D eigenvalue weighted by molar-refractivity contribution is 0.313. The molecule has 0 saturated heterocycles. The number of pyridine rings is 3. The minimum absolute atomic E-state index is 0.376. The number of alkyl halides is 1. The van der Waals surface area contributed by atoms with Crippen LogP contribution in [0.15, 0.2) is 54.9 Å². The number of ether oxygens (including phenoxy) is 3. The van der Waals surface area contributed by atoms with Crippen LogP contribution in [0.25, 0.3) is 22.3 Å². The molecular formula is C24H22ClN3O3. The average molecular weight is 436 g/mol. The van der Waals surface area contributed by atoms with Gasteiger partial charge in [0.25, 0.3) is 0 Å². The Bertz CT molecular complexity index is 1230. The van der Waals surface area contributed by atoms with Crippen LogP contribution in [0.3, 0.4) is 0 Å². The second-order valence-electron chi connectivity index (χ2n) is 6.99. The van der Waals surface area contributed by atoms with E-state index in [4.69, 9.17) is 25.8 Å². The zero-order valence-corrected chi connectivity index (χ0v) is 18.3. The van der Waals surface area contributed by atoms with Crippen molar-refractivity contribution in [1.29, 1.82) is 0 Å². The molecule has 0 radical (unpaired) electrons. The minimum atomic E-state index is 0.376. The van der Waals surface area contributed by atoms with Gasteiger partial charge in [0.15, 0.2) is 17.2 Å². The Morgan fingerprint density at radius 3 is 2.58 bits per heavy atom. The number of halogens is 1. The van der Waals surface area contributed by atoms with Gasteiger partial charge in [0.1, 0.15) is 18.1 Å². The van der Waals surface area contributed by atoms with Crippen molar-refractivity contribution >= 4 is 22.5 Å². The molecule has 4 aromatic rings. The van der Waals surface area contributed by atoms with Crippen LogP contribution in [0, 0.1) is 13.8 Å². The summed E-state index contributed by atoms with van der Waals surface area (Å²) >= 11 is 5.76. The van der Waals surface area contributed by atoms with Crippen molar-refractivity contribution in [3.63, 3.8) is 0 Å². The third-order valence-corrected chi connectivity index (χ3v) is 4.82. The molecule has 158 valence electrons. The second-order valence-corrected chi connectivity index (χ2v) is 7.37. The van der Waals surface area contributed by atoms with Gasteiger partial charge >= 0.3 is 0 Å². The summed E-state index contributed by atoms with van der Waals surface area (Å²) in [6.45, 7) is 4.30. The smallest absolute Gasteiger partial charge is 0.163 e. The Labute approximate surface area is 185 Å². The van der Waals surface area contributed by atoms with Gasteiger partial charge in [0, 0.05) is 29.5 Å². The molecule has 3 aromatic heterocycles. The molecule has 4 rings (SSSR count). The van der Waals surface area contributed by atoms with Gasteiger partial charge in [-0.25, -0.2) is 0 Å². The normalized spacial score (nSPS) is 10.8. The minimum Gasteiger partial charge on any atom is -0.493 e. The Morgan fingerprint density at radius 1 is 0.935 bits per heavy atom. The van der Waals surface area contributed by atoms with E-state index >= 15 is 0 Å². The fourth-order valence-corrected chi connectivity index (χ4v) is 3.32. The number of nitrogens with zero attached hydrogens (tertiary/aromatic N) is 3. The van der Waals surface area contributed by atoms with Crippen LogP contribution in [0.5, 0.6) is 23.0 Å². The number of hydrogen-bond donors (Lipinski definition) is 0. The van der Waals surface area contributed by atoms with Crippen molar-refractivity contribution in [3.05, 3.63) is 66.1 Å². The summed E-state index contributed by atoms with van der Waals surface area (Å²) in [4.78, 5) is 13.7. The van der Waals surface area contributed by atoms with Crippen LogP contribution >= 0.6 is 11.6 Å². The van der Waals surface area contributed by atoms with Crippen LogP contribution in [-0.4, -0.2) is 34.5 Å². The number of aryl methyl sites for hydroxylation is 2. The maximum atomic E-state index is 6.36. The summed E-state index contributed by atoms with van der Waals surface area (Å²) in [6.07, 6.45) is 3.50. The van der Waals surface area contributed by atoms with Gasteiger partial charge < -0.3 is 14.2 Å². The second kappa shape index (κ2) is 9.18. The van der Waals surface area contributed by atoms with E-state index in [-0.39, 0.29) is 0 Å². The van der Waals surface area contributed by atoms with Gasteiger partial charge in [-0.15, -0.1) is 11.6 Å². The molecule has 0 spiro atoms. The van der Waals surface area contributed by atoms with Gasteiger partial charge in [-0.1, -0.05) is 6.07 Å². The highest BCUT2D eigenvalue weighted by Gasteiger charge is 2.15. The number of fused-ring (bicyclic) bond motifs is 1. The molecule has 0 saturated carbocycles. The quantitative estimate of drug-likeness (QED) is 0.345. The molecule has 7 heteroatoms. The maximum Gasteiger partial charge on any atom is 0.163 e. The van der Waals surface area contributed by atoms with E-state index in [1.807, 2.05) is 56.3 Å². The van der Waals surface area contributed by atoms with Crippen LogP contribution in [0.4, 0.5) is 0 Å². The molecule has 0 N–H and O–H groups in total. The number of hydrogen-bond acceptors (Lipinski definition) is 6. The van der Waals surface area contributed by atoms with Crippen molar-refractivity contribution in [3.8, 4) is 34.4 Å². The van der Waals surface area contributed by atoms with E-state index in [1.54, 1.807) is 19.5 Å². The SMILES string of the molecule is COc1cc2c(Oc3cc(C)cnc3-c3cccc(C)n3)ccnc2cc1OCCCl. The summed E-state index contributed by atoms with van der Waals surface area (Å²) in [5, 5.41) is 0.794. The summed E-state index contributed by atoms with van der Waals surface area (Å²) in [5.41, 5.74) is 4.04. The molecule has 0 bridgehead atoms. The number of rotatable bonds is 7. The fraction of sp³-hybridized carbons (Fsp3) is 0.208. The zero-order valence-electron chi connectivity index (χ0n) is 17.6. The van der Waals surface area contributed by atoms with Crippen LogP contribution < -0.4 is 14.2 Å². The topological polar surface area (TPSA) is 66.4 Å². The number of benzene rings is 1. The predicted octanol–water partition coefficient (Wildman–Crippen LogP) is 5.73. The van der Waals surface area contributed by atoms with E-state index in [1.165, 1.54) is 0 Å². The third-order valence-electron chi connectivity index (χ3n) is 4.66. The molecular weight excluding hydrogens is 414 g/mol. The van der Waals surface area contributed by atoms with Crippen LogP contribution in [0.2, 0.25) is 0 Å². The highest BCUT2D eigenvalue weighted by atomic mass is 35.5. The van der Waals surface area contributed by atoms with Crippen molar-refractivity contribution in [2.75, 3.05) is 19.6 Å². The first-order valence-corrected chi connectivity index (χ1v) is 10.4. The summed E-state index contributed by atoms with van der Waals surface area (Å²) < 4.78 is 17.6. The van der Waals surface area contributed by atoms with Crippen molar-refractivity contribution in [2.24, 2.45) is 0 Å². The van der Waals surface area contributed by atoms with Crippen LogP contribution in [-0.2, 0) is 0 Å². The average Bonchev–Trinajstić information content (AvgIpc) is 2.77. The Kier molecular flexibility index (Phi) is 6.18. The molecule has 0 unspecified atom stereocenters. The Morgan fingerprint density at radius 2 is 1.81 bits per heavy atom. The largest absolute Gasteiger partial charge is 0.493 e. The fourth-order valence-electron chi connectivity index (χ4n) is 3.24. The van der Waals surface area contributed by atoms with E-state index in [0.717, 1.165) is 27.9 Å². The highest BCUT2D eigenvalue weighted by molar-refractivity contribution is 6.18. The number of methoxy groups -OCH3 is 1. The molecule has 0 aliphatic rings. The van der Waals surface area contributed by atoms with Gasteiger partial charge in [0.2, 0.25) is 0 Å². The molecule has 1 aromatic carbocycles. The van der Waals surface area contributed by atoms with E-state index < -0.39 is 0 Å². The van der Waals surface area contributed by atoms with Gasteiger partial charge in [-0.2, -0.15) is 0 Å². The monoisotopic (exact) mass is 435 g/mol. The molecule has 6 nitrogen and oxygen atoms in total. The van der Waals surface area contributed by atoms with Crippen molar-refractivity contribution < 1.29 is 14.2 Å². The first kappa shape index (κ1) is 20.9. The first-order valence-electron chi connectivity index (χ1n) is 9.83. The molecule has 31 heavy (non-hydrogen) atoms. The Balaban J connectivity index is 1.79. The molecule has 0 amide bonds. The predicted molar refractivity (Wildman–Crippen MR) is 122 cm³/mol. The van der Waals surface area contributed by atoms with Crippen molar-refractivity contribution in [2.45, 2.75) is 13.8 Å². The summed E-state index contributed by atoms with van der Waals surface area (Å²) in [6, 6.07) is 13.3. The van der Waals surface area contributed by atoms with E-state index in [2.05, 4.69) is 15.0 Å². The first-order chi connectivity index (χ1) is 15.1. The lowest BCUT2D eigenvalue weighted by Crippen LogP contribution is -2.01. The zero-order chi connectivity index (χ0) is 21.8. The molecule has 0 atom stereocenters. The third kappa shape index (κ3) is 4.54. The lowest BCUT2D eigenvalue weighted by Gasteiger charge is -2.15. The Hall–Kier alpha value is -3.38. The highest BCUT2D eigenvalue weighted by Crippen LogP contribution is 2.39. The van der Waals surface area contributed by atoms with E-state index in [0.29, 0.717) is 41.2 Å². The number of aromatic nitrogens is 3. The van der Waals surface area contributed by atoms with Gasteiger partial charge in [-0.3, -0.25) is 15.0 Å². The molecule has 0 aliphatic carbocycles. The van der Waals surface area contributed by atoms with E-state index in [9.17, 15) is 0 Å². The summed E-state index contributed by atoms with van der Waals surface area (Å²) in [5.74, 6) is 2.80.